The van der Waals surface area contributed by atoms with E-state index in [1.807, 2.05) is 0 Å². The smallest absolute Gasteiger partial charge is 0.406 e. The molecule has 0 bridgehead atoms. The molecule has 6 heteroatoms. The van der Waals surface area contributed by atoms with Crippen LogP contribution in [0.3, 0.4) is 0 Å². The molecule has 3 nitrogen and oxygen atoms in total. The van der Waals surface area contributed by atoms with Crippen molar-refractivity contribution >= 4 is 5.69 Å². The van der Waals surface area contributed by atoms with Crippen molar-refractivity contribution in [3.8, 4) is 5.75 Å². The summed E-state index contributed by atoms with van der Waals surface area (Å²) in [6.45, 7) is 4.78. The van der Waals surface area contributed by atoms with E-state index in [-0.39, 0.29) is 17.4 Å². The summed E-state index contributed by atoms with van der Waals surface area (Å²) in [6.07, 6.45) is -2.10. The quantitative estimate of drug-likeness (QED) is 0.897. The molecule has 0 aliphatic carbocycles. The first-order chi connectivity index (χ1) is 9.80. The molecule has 1 aromatic carbocycles. The molecule has 1 heterocycles. The Bertz CT molecular complexity index is 478. The number of anilines is 1. The van der Waals surface area contributed by atoms with Crippen LogP contribution in [0.2, 0.25) is 0 Å². The molecule has 0 amide bonds. The minimum absolute atomic E-state index is 0.171. The monoisotopic (exact) mass is 303 g/mol. The molecule has 1 aromatic rings. The molecular formula is C15H20F3NO2. The van der Waals surface area contributed by atoms with Gasteiger partial charge < -0.3 is 14.8 Å². The van der Waals surface area contributed by atoms with Crippen LogP contribution in [-0.2, 0) is 4.74 Å². The Hall–Kier alpha value is -1.43. The lowest BCUT2D eigenvalue weighted by atomic mass is 9.90. The molecule has 118 valence electrons. The van der Waals surface area contributed by atoms with Gasteiger partial charge in [-0.05, 0) is 38.3 Å². The highest BCUT2D eigenvalue weighted by Crippen LogP contribution is 2.31. The summed E-state index contributed by atoms with van der Waals surface area (Å²) in [5.74, 6) is -0.210. The number of hydrogen-bond donors (Lipinski definition) is 1. The second kappa shape index (κ2) is 6.13. The maximum Gasteiger partial charge on any atom is 0.573 e. The van der Waals surface area contributed by atoms with E-state index in [9.17, 15) is 13.2 Å². The van der Waals surface area contributed by atoms with Crippen LogP contribution < -0.4 is 10.1 Å². The molecule has 2 unspecified atom stereocenters. The molecular weight excluding hydrogens is 283 g/mol. The van der Waals surface area contributed by atoms with Gasteiger partial charge in [-0.3, -0.25) is 0 Å². The molecule has 1 saturated heterocycles. The van der Waals surface area contributed by atoms with E-state index >= 15 is 0 Å². The Kier molecular flexibility index (Phi) is 4.66. The van der Waals surface area contributed by atoms with Crippen molar-refractivity contribution in [2.45, 2.75) is 51.1 Å². The highest BCUT2D eigenvalue weighted by molar-refractivity contribution is 5.49. The van der Waals surface area contributed by atoms with Crippen molar-refractivity contribution in [2.75, 3.05) is 11.9 Å². The molecule has 0 aromatic heterocycles. The number of rotatable bonds is 4. The number of alkyl halides is 3. The average Bonchev–Trinajstić information content (AvgIpc) is 2.37. The zero-order valence-electron chi connectivity index (χ0n) is 12.2. The van der Waals surface area contributed by atoms with Gasteiger partial charge in [-0.15, -0.1) is 13.2 Å². The van der Waals surface area contributed by atoms with Crippen LogP contribution >= 0.6 is 0 Å². The van der Waals surface area contributed by atoms with Crippen LogP contribution in [0.5, 0.6) is 5.75 Å². The summed E-state index contributed by atoms with van der Waals surface area (Å²) >= 11 is 0. The van der Waals surface area contributed by atoms with Crippen molar-refractivity contribution in [1.29, 1.82) is 0 Å². The third-order valence-electron chi connectivity index (χ3n) is 3.78. The van der Waals surface area contributed by atoms with Gasteiger partial charge in [-0.1, -0.05) is 13.0 Å². The van der Waals surface area contributed by atoms with Crippen LogP contribution in [0, 0.1) is 0 Å². The van der Waals surface area contributed by atoms with Crippen LogP contribution in [0.4, 0.5) is 18.9 Å². The van der Waals surface area contributed by atoms with Gasteiger partial charge in [-0.25, -0.2) is 0 Å². The molecule has 2 atom stereocenters. The number of nitrogens with one attached hydrogen (secondary N) is 1. The normalized spacial score (nSPS) is 26.4. The first-order valence-corrected chi connectivity index (χ1v) is 7.06. The third-order valence-corrected chi connectivity index (χ3v) is 3.78. The maximum absolute atomic E-state index is 12.2. The largest absolute Gasteiger partial charge is 0.573 e. The van der Waals surface area contributed by atoms with Crippen LogP contribution in [-0.4, -0.2) is 24.6 Å². The molecule has 1 N–H and O–H groups in total. The van der Waals surface area contributed by atoms with Crippen molar-refractivity contribution in [2.24, 2.45) is 0 Å². The highest BCUT2D eigenvalue weighted by atomic mass is 19.4. The minimum Gasteiger partial charge on any atom is -0.406 e. The average molecular weight is 303 g/mol. The first kappa shape index (κ1) is 15.9. The molecule has 0 radical (unpaired) electrons. The van der Waals surface area contributed by atoms with E-state index in [0.717, 1.165) is 19.3 Å². The predicted octanol–water partition coefficient (Wildman–Crippen LogP) is 4.34. The molecule has 21 heavy (non-hydrogen) atoms. The lowest BCUT2D eigenvalue weighted by molar-refractivity contribution is -0.274. The lowest BCUT2D eigenvalue weighted by Gasteiger charge is -2.38. The van der Waals surface area contributed by atoms with Crippen molar-refractivity contribution in [3.05, 3.63) is 24.3 Å². The van der Waals surface area contributed by atoms with Gasteiger partial charge in [0.2, 0.25) is 0 Å². The standard InChI is InChI=1S/C15H20F3NO2/c1-3-14(2)10-12(7-8-20-14)19-11-5-4-6-13(9-11)21-15(16,17)18/h4-6,9,12,19H,3,7-8,10H2,1-2H3. The fourth-order valence-electron chi connectivity index (χ4n) is 2.52. The molecule has 0 spiro atoms. The fourth-order valence-corrected chi connectivity index (χ4v) is 2.52. The molecule has 1 aliphatic heterocycles. The summed E-state index contributed by atoms with van der Waals surface area (Å²) in [5, 5.41) is 3.27. The number of hydrogen-bond acceptors (Lipinski definition) is 3. The first-order valence-electron chi connectivity index (χ1n) is 7.06. The fraction of sp³-hybridized carbons (Fsp3) is 0.600. The summed E-state index contributed by atoms with van der Waals surface area (Å²) < 4.78 is 46.3. The van der Waals surface area contributed by atoms with E-state index in [0.29, 0.717) is 12.3 Å². The van der Waals surface area contributed by atoms with E-state index < -0.39 is 6.36 Å². The van der Waals surface area contributed by atoms with Crippen LogP contribution in [0.15, 0.2) is 24.3 Å². The molecule has 1 fully saturated rings. The SMILES string of the molecule is CCC1(C)CC(Nc2cccc(OC(F)(F)F)c2)CCO1. The Morgan fingerprint density at radius 2 is 2.19 bits per heavy atom. The maximum atomic E-state index is 12.2. The van der Waals surface area contributed by atoms with Crippen LogP contribution in [0.25, 0.3) is 0 Å². The summed E-state index contributed by atoms with van der Waals surface area (Å²) in [5.41, 5.74) is 0.456. The molecule has 1 aliphatic rings. The van der Waals surface area contributed by atoms with Gasteiger partial charge in [0.15, 0.2) is 0 Å². The summed E-state index contributed by atoms with van der Waals surface area (Å²) in [7, 11) is 0. The van der Waals surface area contributed by atoms with Gasteiger partial charge in [0.25, 0.3) is 0 Å². The summed E-state index contributed by atoms with van der Waals surface area (Å²) in [4.78, 5) is 0. The van der Waals surface area contributed by atoms with E-state index in [1.54, 1.807) is 12.1 Å². The Morgan fingerprint density at radius 3 is 2.86 bits per heavy atom. The second-order valence-corrected chi connectivity index (χ2v) is 5.56. The van der Waals surface area contributed by atoms with Crippen molar-refractivity contribution in [3.63, 3.8) is 0 Å². The van der Waals surface area contributed by atoms with Gasteiger partial charge in [0, 0.05) is 24.4 Å². The lowest BCUT2D eigenvalue weighted by Crippen LogP contribution is -2.41. The minimum atomic E-state index is -4.67. The van der Waals surface area contributed by atoms with Crippen molar-refractivity contribution in [1.82, 2.24) is 0 Å². The predicted molar refractivity (Wildman–Crippen MR) is 74.4 cm³/mol. The third kappa shape index (κ3) is 4.81. The van der Waals surface area contributed by atoms with Gasteiger partial charge in [0.1, 0.15) is 5.75 Å². The highest BCUT2D eigenvalue weighted by Gasteiger charge is 2.32. The Balaban J connectivity index is 2.01. The van der Waals surface area contributed by atoms with Gasteiger partial charge >= 0.3 is 6.36 Å². The number of benzene rings is 1. The number of halogens is 3. The number of ether oxygens (including phenoxy) is 2. The van der Waals surface area contributed by atoms with E-state index in [1.165, 1.54) is 12.1 Å². The van der Waals surface area contributed by atoms with Crippen molar-refractivity contribution < 1.29 is 22.6 Å². The molecule has 2 rings (SSSR count). The van der Waals surface area contributed by atoms with E-state index in [2.05, 4.69) is 23.9 Å². The molecule has 0 saturated carbocycles. The van der Waals surface area contributed by atoms with Crippen LogP contribution in [0.1, 0.15) is 33.1 Å². The Morgan fingerprint density at radius 1 is 1.43 bits per heavy atom. The second-order valence-electron chi connectivity index (χ2n) is 5.56. The topological polar surface area (TPSA) is 30.5 Å². The Labute approximate surface area is 122 Å². The zero-order valence-corrected chi connectivity index (χ0v) is 12.2. The van der Waals surface area contributed by atoms with Gasteiger partial charge in [0.05, 0.1) is 5.60 Å². The van der Waals surface area contributed by atoms with Gasteiger partial charge in [-0.2, -0.15) is 0 Å². The van der Waals surface area contributed by atoms with E-state index in [4.69, 9.17) is 4.74 Å². The summed E-state index contributed by atoms with van der Waals surface area (Å²) in [6, 6.07) is 6.12. The zero-order chi connectivity index (χ0) is 15.5.